The zero-order chi connectivity index (χ0) is 11.1. The first-order chi connectivity index (χ1) is 7.33. The van der Waals surface area contributed by atoms with Crippen molar-refractivity contribution in [1.82, 2.24) is 4.90 Å². The van der Waals surface area contributed by atoms with Gasteiger partial charge in [0, 0.05) is 25.6 Å². The minimum atomic E-state index is 0.259. The first kappa shape index (κ1) is 12.2. The van der Waals surface area contributed by atoms with Crippen LogP contribution in [-0.2, 0) is 0 Å². The summed E-state index contributed by atoms with van der Waals surface area (Å²) >= 11 is 1.69. The van der Waals surface area contributed by atoms with Gasteiger partial charge in [0.25, 0.3) is 0 Å². The summed E-state index contributed by atoms with van der Waals surface area (Å²) in [5.41, 5.74) is 7.06. The molecule has 0 bridgehead atoms. The smallest absolute Gasteiger partial charge is 0.0635 e. The van der Waals surface area contributed by atoms with E-state index in [-0.39, 0.29) is 6.04 Å². The summed E-state index contributed by atoms with van der Waals surface area (Å²) in [6, 6.07) is 4.54. The Morgan fingerprint density at radius 1 is 1.67 bits per heavy atom. The average Bonchev–Trinajstić information content (AvgIpc) is 2.77. The van der Waals surface area contributed by atoms with Crippen molar-refractivity contribution in [3.8, 4) is 6.07 Å². The molecule has 1 atom stereocenters. The Kier molecular flexibility index (Phi) is 5.33. The predicted octanol–water partition coefficient (Wildman–Crippen LogP) is 1.98. The van der Waals surface area contributed by atoms with E-state index in [1.165, 1.54) is 5.56 Å². The van der Waals surface area contributed by atoms with Crippen molar-refractivity contribution in [3.63, 3.8) is 0 Å². The molecular weight excluding hydrogens is 206 g/mol. The van der Waals surface area contributed by atoms with Crippen molar-refractivity contribution in [2.45, 2.75) is 19.4 Å². The monoisotopic (exact) mass is 223 g/mol. The van der Waals surface area contributed by atoms with Gasteiger partial charge in [-0.25, -0.2) is 0 Å². The Bertz CT molecular complexity index is 302. The fraction of sp³-hybridized carbons (Fsp3) is 0.545. The number of rotatable bonds is 6. The number of hydrogen-bond acceptors (Lipinski definition) is 4. The Balaban J connectivity index is 2.67. The van der Waals surface area contributed by atoms with E-state index in [0.29, 0.717) is 13.0 Å². The molecule has 1 aromatic heterocycles. The van der Waals surface area contributed by atoms with E-state index in [1.54, 1.807) is 11.3 Å². The molecule has 0 fully saturated rings. The molecule has 0 aliphatic rings. The number of nitrogens with two attached hydrogens (primary N) is 1. The lowest BCUT2D eigenvalue weighted by Crippen LogP contribution is -2.34. The molecule has 3 nitrogen and oxygen atoms in total. The van der Waals surface area contributed by atoms with Gasteiger partial charge < -0.3 is 5.73 Å². The normalized spacial score (nSPS) is 12.7. The first-order valence-corrected chi connectivity index (χ1v) is 6.10. The van der Waals surface area contributed by atoms with E-state index in [2.05, 4.69) is 34.7 Å². The maximum absolute atomic E-state index is 8.59. The van der Waals surface area contributed by atoms with Crippen molar-refractivity contribution >= 4 is 11.3 Å². The molecule has 1 rings (SSSR count). The first-order valence-electron chi connectivity index (χ1n) is 5.16. The van der Waals surface area contributed by atoms with E-state index in [9.17, 15) is 0 Å². The molecule has 1 aromatic rings. The summed E-state index contributed by atoms with van der Waals surface area (Å²) in [5.74, 6) is 0. The number of thiophene rings is 1. The molecule has 0 saturated heterocycles. The molecule has 15 heavy (non-hydrogen) atoms. The Morgan fingerprint density at radius 3 is 2.93 bits per heavy atom. The maximum Gasteiger partial charge on any atom is 0.0635 e. The van der Waals surface area contributed by atoms with Crippen LogP contribution in [0.25, 0.3) is 0 Å². The molecule has 1 heterocycles. The molecule has 0 aliphatic carbocycles. The largest absolute Gasteiger partial charge is 0.329 e. The second kappa shape index (κ2) is 6.57. The van der Waals surface area contributed by atoms with Gasteiger partial charge in [-0.1, -0.05) is 6.92 Å². The number of hydrogen-bond donors (Lipinski definition) is 1. The fourth-order valence-corrected chi connectivity index (χ4v) is 2.40. The summed E-state index contributed by atoms with van der Waals surface area (Å²) in [7, 11) is 0. The van der Waals surface area contributed by atoms with E-state index < -0.39 is 0 Å². The molecule has 0 saturated carbocycles. The van der Waals surface area contributed by atoms with Gasteiger partial charge in [-0.3, -0.25) is 4.90 Å². The van der Waals surface area contributed by atoms with Gasteiger partial charge in [0.1, 0.15) is 0 Å². The van der Waals surface area contributed by atoms with Crippen LogP contribution in [0.15, 0.2) is 16.8 Å². The number of nitriles is 1. The highest BCUT2D eigenvalue weighted by atomic mass is 32.1. The Hall–Kier alpha value is -0.890. The molecule has 0 radical (unpaired) electrons. The van der Waals surface area contributed by atoms with Crippen molar-refractivity contribution in [2.75, 3.05) is 19.6 Å². The van der Waals surface area contributed by atoms with Gasteiger partial charge in [-0.2, -0.15) is 16.6 Å². The standard InChI is InChI=1S/C11H17N3S/c1-2-14(6-3-5-12)11(8-13)10-4-7-15-9-10/h4,7,9,11H,2-3,6,8,13H2,1H3. The van der Waals surface area contributed by atoms with Crippen LogP contribution in [0.3, 0.4) is 0 Å². The summed E-state index contributed by atoms with van der Waals surface area (Å²) in [4.78, 5) is 2.26. The van der Waals surface area contributed by atoms with Crippen molar-refractivity contribution in [3.05, 3.63) is 22.4 Å². The molecule has 1 unspecified atom stereocenters. The van der Waals surface area contributed by atoms with Gasteiger partial charge in [-0.05, 0) is 28.9 Å². The van der Waals surface area contributed by atoms with Crippen LogP contribution in [-0.4, -0.2) is 24.5 Å². The van der Waals surface area contributed by atoms with Crippen LogP contribution in [0.2, 0.25) is 0 Å². The van der Waals surface area contributed by atoms with Gasteiger partial charge in [0.05, 0.1) is 6.07 Å². The second-order valence-electron chi connectivity index (χ2n) is 3.34. The zero-order valence-corrected chi connectivity index (χ0v) is 9.83. The van der Waals surface area contributed by atoms with Crippen LogP contribution >= 0.6 is 11.3 Å². The van der Waals surface area contributed by atoms with Gasteiger partial charge in [0.2, 0.25) is 0 Å². The molecular formula is C11H17N3S. The van der Waals surface area contributed by atoms with Crippen LogP contribution in [0, 0.1) is 11.3 Å². The molecule has 4 heteroatoms. The van der Waals surface area contributed by atoms with Gasteiger partial charge in [-0.15, -0.1) is 0 Å². The minimum absolute atomic E-state index is 0.259. The maximum atomic E-state index is 8.59. The molecule has 2 N–H and O–H groups in total. The zero-order valence-electron chi connectivity index (χ0n) is 9.02. The Labute approximate surface area is 95.1 Å². The molecule has 0 spiro atoms. The van der Waals surface area contributed by atoms with E-state index in [0.717, 1.165) is 13.1 Å². The SMILES string of the molecule is CCN(CCC#N)C(CN)c1ccsc1. The predicted molar refractivity (Wildman–Crippen MR) is 63.6 cm³/mol. The molecule has 0 aliphatic heterocycles. The third kappa shape index (κ3) is 3.31. The lowest BCUT2D eigenvalue weighted by Gasteiger charge is -2.28. The minimum Gasteiger partial charge on any atom is -0.329 e. The van der Waals surface area contributed by atoms with Crippen LogP contribution in [0.1, 0.15) is 24.9 Å². The van der Waals surface area contributed by atoms with Crippen LogP contribution in [0.5, 0.6) is 0 Å². The fourth-order valence-electron chi connectivity index (χ4n) is 1.69. The van der Waals surface area contributed by atoms with Crippen molar-refractivity contribution in [2.24, 2.45) is 5.73 Å². The van der Waals surface area contributed by atoms with Crippen molar-refractivity contribution in [1.29, 1.82) is 5.26 Å². The highest BCUT2D eigenvalue weighted by Crippen LogP contribution is 2.21. The summed E-state index contributed by atoms with van der Waals surface area (Å²) in [6.07, 6.45) is 0.564. The van der Waals surface area contributed by atoms with E-state index in [4.69, 9.17) is 11.0 Å². The van der Waals surface area contributed by atoms with E-state index >= 15 is 0 Å². The summed E-state index contributed by atoms with van der Waals surface area (Å²) in [6.45, 7) is 4.44. The third-order valence-corrected chi connectivity index (χ3v) is 3.21. The molecule has 82 valence electrons. The summed E-state index contributed by atoms with van der Waals surface area (Å²) < 4.78 is 0. The quantitative estimate of drug-likeness (QED) is 0.802. The Morgan fingerprint density at radius 2 is 2.47 bits per heavy atom. The molecule has 0 amide bonds. The second-order valence-corrected chi connectivity index (χ2v) is 4.12. The molecule has 0 aromatic carbocycles. The highest BCUT2D eigenvalue weighted by Gasteiger charge is 2.17. The highest BCUT2D eigenvalue weighted by molar-refractivity contribution is 7.07. The number of likely N-dealkylation sites (N-methyl/N-ethyl adjacent to an activating group) is 1. The topological polar surface area (TPSA) is 53.0 Å². The van der Waals surface area contributed by atoms with Crippen LogP contribution < -0.4 is 5.73 Å². The number of nitrogens with zero attached hydrogens (tertiary/aromatic N) is 2. The van der Waals surface area contributed by atoms with Crippen molar-refractivity contribution < 1.29 is 0 Å². The van der Waals surface area contributed by atoms with Crippen LogP contribution in [0.4, 0.5) is 0 Å². The van der Waals surface area contributed by atoms with Gasteiger partial charge >= 0.3 is 0 Å². The summed E-state index contributed by atoms with van der Waals surface area (Å²) in [5, 5.41) is 12.8. The van der Waals surface area contributed by atoms with E-state index in [1.807, 2.05) is 0 Å². The third-order valence-electron chi connectivity index (χ3n) is 2.51. The average molecular weight is 223 g/mol. The lowest BCUT2D eigenvalue weighted by atomic mass is 10.1. The van der Waals surface area contributed by atoms with Gasteiger partial charge in [0.15, 0.2) is 0 Å². The lowest BCUT2D eigenvalue weighted by molar-refractivity contribution is 0.217.